The van der Waals surface area contributed by atoms with Crippen molar-refractivity contribution in [2.24, 2.45) is 0 Å². The van der Waals surface area contributed by atoms with Gasteiger partial charge in [-0.15, -0.1) is 0 Å². The molecular weight excluding hydrogens is 352 g/mol. The van der Waals surface area contributed by atoms with Gasteiger partial charge in [0.25, 0.3) is 0 Å². The first-order valence-electron chi connectivity index (χ1n) is 0.894. The standard InChI is InChI=1S/CH4O4.3CH4.2Fe.8H2O/c2-1(3,4)5;;;;;;;;;;;;;/h2-5H;3*1H4;;;8*1H2/q;;;;2*+3;;;;;;;;/p-4. The summed E-state index contributed by atoms with van der Waals surface area (Å²) in [7, 11) is 0. The van der Waals surface area contributed by atoms with Crippen LogP contribution in [0.1, 0.15) is 22.3 Å². The van der Waals surface area contributed by atoms with Crippen LogP contribution in [0.15, 0.2) is 0 Å². The molecule has 0 aliphatic heterocycles. The zero-order chi connectivity index (χ0) is 4.50. The Labute approximate surface area is 127 Å². The second-order valence-electron chi connectivity index (χ2n) is 0.600. The smallest absolute Gasteiger partial charge is 0.870 e. The molecule has 0 fully saturated rings. The predicted octanol–water partition coefficient (Wildman–Crippen LogP) is -4.54. The van der Waals surface area contributed by atoms with Crippen LogP contribution < -0.4 is 0 Å². The molecule has 130 valence electrons. The molecule has 0 heterocycles. The Kier molecular flexibility index (Phi) is 1710. The molecule has 0 rings (SSSR count). The molecule has 0 aromatic rings. The van der Waals surface area contributed by atoms with Crippen LogP contribution in [0.2, 0.25) is 0 Å². The Bertz CT molecular complexity index is 37.5. The van der Waals surface area contributed by atoms with E-state index in [0.717, 1.165) is 0 Å². The Balaban J connectivity index is -0.00000000103. The fourth-order valence-corrected chi connectivity index (χ4v) is 0. The quantitative estimate of drug-likeness (QED) is 0.233. The topological polar surface area (TPSA) is 327 Å². The first kappa shape index (κ1) is 275. The molecular formula is C4H28Fe2O12+2. The van der Waals surface area contributed by atoms with Crippen LogP contribution in [0, 0.1) is 0 Å². The van der Waals surface area contributed by atoms with Crippen molar-refractivity contribution in [3.63, 3.8) is 0 Å². The van der Waals surface area contributed by atoms with Crippen LogP contribution in [0.5, 0.6) is 0 Å². The van der Waals surface area contributed by atoms with Crippen molar-refractivity contribution in [3.8, 4) is 0 Å². The minimum Gasteiger partial charge on any atom is -0.870 e. The van der Waals surface area contributed by atoms with Crippen LogP contribution in [-0.2, 0) is 34.1 Å². The summed E-state index contributed by atoms with van der Waals surface area (Å²) in [6.45, 7) is 0. The van der Waals surface area contributed by atoms with Crippen molar-refractivity contribution in [1.29, 1.82) is 0 Å². The molecule has 0 saturated heterocycles. The fraction of sp³-hybridized carbons (Fsp3) is 1.00. The maximum atomic E-state index is 7.19. The fourth-order valence-electron chi connectivity index (χ4n) is 0. The van der Waals surface area contributed by atoms with Crippen molar-refractivity contribution in [1.82, 2.24) is 0 Å². The molecule has 2 radical (unpaired) electrons. The summed E-state index contributed by atoms with van der Waals surface area (Å²) in [5.74, 6) is 0. The Hall–Kier alpha value is 0.559. The second kappa shape index (κ2) is 112. The predicted molar refractivity (Wildman–Crippen MR) is 54.0 cm³/mol. The van der Waals surface area contributed by atoms with Gasteiger partial charge in [-0.3, -0.25) is 0 Å². The molecule has 0 bridgehead atoms. The SMILES string of the molecule is C.C.C.O.O.O.O.OC(O)(O)O.[Fe+3].[Fe+3].[OH-].[OH-].[OH-].[OH-]. The van der Waals surface area contributed by atoms with E-state index in [0.29, 0.717) is 0 Å². The van der Waals surface area contributed by atoms with Gasteiger partial charge in [-0.25, -0.2) is 0 Å². The molecule has 0 saturated carbocycles. The zero-order valence-corrected chi connectivity index (χ0v) is 8.99. The van der Waals surface area contributed by atoms with E-state index < -0.39 is 6.16 Å². The molecule has 12 nitrogen and oxygen atoms in total. The minimum absolute atomic E-state index is 0. The molecule has 18 heavy (non-hydrogen) atoms. The van der Waals surface area contributed by atoms with E-state index in [9.17, 15) is 0 Å². The number of aliphatic hydroxyl groups is 4. The summed E-state index contributed by atoms with van der Waals surface area (Å²) in [6, 6.07) is 0. The van der Waals surface area contributed by atoms with Gasteiger partial charge in [0.2, 0.25) is 0 Å². The molecule has 16 N–H and O–H groups in total. The van der Waals surface area contributed by atoms with Crippen LogP contribution in [0.25, 0.3) is 0 Å². The summed E-state index contributed by atoms with van der Waals surface area (Å²) < 4.78 is 0. The molecule has 0 atom stereocenters. The van der Waals surface area contributed by atoms with Crippen LogP contribution >= 0.6 is 0 Å². The summed E-state index contributed by atoms with van der Waals surface area (Å²) in [5.41, 5.74) is 0. The third-order valence-corrected chi connectivity index (χ3v) is 0. The van der Waals surface area contributed by atoms with Crippen molar-refractivity contribution >= 4 is 0 Å². The van der Waals surface area contributed by atoms with Crippen molar-refractivity contribution in [2.75, 3.05) is 0 Å². The van der Waals surface area contributed by atoms with Crippen LogP contribution in [0.4, 0.5) is 0 Å². The van der Waals surface area contributed by atoms with Gasteiger partial charge in [0.1, 0.15) is 0 Å². The molecule has 0 spiro atoms. The first-order valence-corrected chi connectivity index (χ1v) is 0.894. The Morgan fingerprint density at radius 2 is 0.444 bits per heavy atom. The van der Waals surface area contributed by atoms with E-state index >= 15 is 0 Å². The van der Waals surface area contributed by atoms with E-state index in [1.54, 1.807) is 0 Å². The van der Waals surface area contributed by atoms with Gasteiger partial charge in [-0.05, 0) is 0 Å². The van der Waals surface area contributed by atoms with Gasteiger partial charge in [0, 0.05) is 0 Å². The monoisotopic (exact) mass is 380 g/mol. The number of rotatable bonds is 0. The zero-order valence-electron chi connectivity index (χ0n) is 6.78. The first-order chi connectivity index (χ1) is 2.00. The largest absolute Gasteiger partial charge is 3.00 e. The van der Waals surface area contributed by atoms with Crippen LogP contribution in [-0.4, -0.2) is 70.4 Å². The molecule has 14 heteroatoms. The Morgan fingerprint density at radius 3 is 0.444 bits per heavy atom. The third-order valence-electron chi connectivity index (χ3n) is 0. The summed E-state index contributed by atoms with van der Waals surface area (Å²) in [5, 5.41) is 28.8. The molecule has 0 amide bonds. The van der Waals surface area contributed by atoms with Crippen LogP contribution in [0.3, 0.4) is 0 Å². The average Bonchev–Trinajstić information content (AvgIpc) is 0.722. The minimum atomic E-state index is -3.50. The Morgan fingerprint density at radius 1 is 0.444 bits per heavy atom. The van der Waals surface area contributed by atoms with Gasteiger partial charge in [0.15, 0.2) is 0 Å². The third kappa shape index (κ3) is 12800. The summed E-state index contributed by atoms with van der Waals surface area (Å²) >= 11 is 0. The maximum Gasteiger partial charge on any atom is 3.00 e. The van der Waals surface area contributed by atoms with Gasteiger partial charge in [0.05, 0.1) is 0 Å². The molecule has 0 unspecified atom stereocenters. The molecule has 0 aromatic carbocycles. The summed E-state index contributed by atoms with van der Waals surface area (Å²) in [4.78, 5) is 0. The van der Waals surface area contributed by atoms with Crippen molar-refractivity contribution < 1.29 is 98.4 Å². The van der Waals surface area contributed by atoms with Gasteiger partial charge >= 0.3 is 40.3 Å². The molecule has 0 aliphatic carbocycles. The van der Waals surface area contributed by atoms with E-state index in [4.69, 9.17) is 20.4 Å². The van der Waals surface area contributed by atoms with Gasteiger partial charge < -0.3 is 64.2 Å². The van der Waals surface area contributed by atoms with Gasteiger partial charge in [-0.2, -0.15) is 0 Å². The van der Waals surface area contributed by atoms with E-state index in [2.05, 4.69) is 0 Å². The van der Waals surface area contributed by atoms with Gasteiger partial charge in [-0.1, -0.05) is 22.3 Å². The van der Waals surface area contributed by atoms with Crippen molar-refractivity contribution in [2.45, 2.75) is 28.4 Å². The van der Waals surface area contributed by atoms with E-state index in [-0.39, 0.29) is 100 Å². The average molecular weight is 380 g/mol. The number of hydrogen-bond acceptors (Lipinski definition) is 8. The van der Waals surface area contributed by atoms with Crippen molar-refractivity contribution in [3.05, 3.63) is 0 Å². The molecule has 0 aromatic heterocycles. The summed E-state index contributed by atoms with van der Waals surface area (Å²) in [6.07, 6.45) is -3.50. The molecule has 0 aliphatic rings. The number of hydrogen-bond donors (Lipinski definition) is 4. The van der Waals surface area contributed by atoms with E-state index in [1.807, 2.05) is 0 Å². The normalized spacial score (nSPS) is 3.33. The second-order valence-corrected chi connectivity index (χ2v) is 0.600. The maximum absolute atomic E-state index is 7.19. The van der Waals surface area contributed by atoms with E-state index in [1.165, 1.54) is 0 Å².